The second-order valence-corrected chi connectivity index (χ2v) is 6.39. The van der Waals surface area contributed by atoms with Crippen LogP contribution >= 0.6 is 0 Å². The Morgan fingerprint density at radius 2 is 2.00 bits per heavy atom. The van der Waals surface area contributed by atoms with Gasteiger partial charge in [0.1, 0.15) is 0 Å². The van der Waals surface area contributed by atoms with E-state index in [0.717, 1.165) is 18.4 Å². The fourth-order valence-corrected chi connectivity index (χ4v) is 3.52. The summed E-state index contributed by atoms with van der Waals surface area (Å²) in [5, 5.41) is 11.8. The highest BCUT2D eigenvalue weighted by molar-refractivity contribution is 5.87. The number of fused-ring (bicyclic) bond motifs is 1. The Morgan fingerprint density at radius 1 is 1.29 bits per heavy atom. The van der Waals surface area contributed by atoms with Crippen LogP contribution in [0, 0.1) is 5.92 Å². The monoisotopic (exact) mass is 331 g/mol. The summed E-state index contributed by atoms with van der Waals surface area (Å²) in [6, 6.07) is 6.20. The quantitative estimate of drug-likeness (QED) is 0.869. The van der Waals surface area contributed by atoms with Crippen LogP contribution in [0.15, 0.2) is 24.3 Å². The number of benzene rings is 1. The van der Waals surface area contributed by atoms with E-state index in [9.17, 15) is 14.4 Å². The molecule has 0 unspecified atom stereocenters. The normalized spacial score (nSPS) is 23.1. The molecule has 0 radical (unpaired) electrons. The molecular formula is C17H21N3O4. The summed E-state index contributed by atoms with van der Waals surface area (Å²) in [4.78, 5) is 38.9. The fraction of sp³-hybridized carbons (Fsp3) is 0.471. The molecule has 3 rings (SSSR count). The summed E-state index contributed by atoms with van der Waals surface area (Å²) in [6.07, 6.45) is 1.68. The molecule has 0 bridgehead atoms. The van der Waals surface area contributed by atoms with Crippen LogP contribution in [0.5, 0.6) is 0 Å². The van der Waals surface area contributed by atoms with Crippen LogP contribution in [0.2, 0.25) is 0 Å². The number of carboxylic acids is 1. The number of amides is 3. The molecule has 128 valence electrons. The molecule has 2 saturated heterocycles. The minimum atomic E-state index is -0.972. The lowest BCUT2D eigenvalue weighted by Gasteiger charge is -2.35. The second-order valence-electron chi connectivity index (χ2n) is 6.39. The molecule has 0 aromatic heterocycles. The first kappa shape index (κ1) is 16.3. The van der Waals surface area contributed by atoms with Gasteiger partial charge in [0.25, 0.3) is 0 Å². The van der Waals surface area contributed by atoms with Gasteiger partial charge in [0.15, 0.2) is 0 Å². The van der Waals surface area contributed by atoms with Gasteiger partial charge >= 0.3 is 12.0 Å². The minimum Gasteiger partial charge on any atom is -0.478 e. The molecule has 1 aromatic carbocycles. The van der Waals surface area contributed by atoms with E-state index < -0.39 is 5.97 Å². The molecule has 0 saturated carbocycles. The average molecular weight is 331 g/mol. The van der Waals surface area contributed by atoms with E-state index >= 15 is 0 Å². The summed E-state index contributed by atoms with van der Waals surface area (Å²) in [6.45, 7) is 1.58. The second kappa shape index (κ2) is 6.51. The Bertz CT molecular complexity index is 658. The first-order valence-corrected chi connectivity index (χ1v) is 8.09. The Labute approximate surface area is 140 Å². The van der Waals surface area contributed by atoms with Gasteiger partial charge in [-0.25, -0.2) is 9.59 Å². The number of nitrogens with one attached hydrogen (secondary N) is 1. The van der Waals surface area contributed by atoms with Crippen molar-refractivity contribution in [1.29, 1.82) is 0 Å². The number of carboxylic acid groups (broad SMARTS) is 1. The van der Waals surface area contributed by atoms with Gasteiger partial charge in [-0.05, 0) is 30.5 Å². The molecule has 2 fully saturated rings. The van der Waals surface area contributed by atoms with Crippen molar-refractivity contribution in [1.82, 2.24) is 15.1 Å². The maximum atomic E-state index is 12.5. The van der Waals surface area contributed by atoms with Gasteiger partial charge in [-0.1, -0.05) is 12.1 Å². The highest BCUT2D eigenvalue weighted by Gasteiger charge is 2.45. The molecule has 2 N–H and O–H groups in total. The largest absolute Gasteiger partial charge is 0.478 e. The molecular weight excluding hydrogens is 310 g/mol. The average Bonchev–Trinajstić information content (AvgIpc) is 2.87. The molecule has 2 aliphatic rings. The highest BCUT2D eigenvalue weighted by Crippen LogP contribution is 2.30. The van der Waals surface area contributed by atoms with Crippen LogP contribution in [0.4, 0.5) is 4.79 Å². The Morgan fingerprint density at radius 3 is 2.67 bits per heavy atom. The van der Waals surface area contributed by atoms with Gasteiger partial charge in [0.2, 0.25) is 5.91 Å². The van der Waals surface area contributed by atoms with Gasteiger partial charge < -0.3 is 20.2 Å². The number of likely N-dealkylation sites (tertiary alicyclic amines) is 2. The molecule has 2 aliphatic heterocycles. The summed E-state index contributed by atoms with van der Waals surface area (Å²) in [5.74, 6) is -0.925. The minimum absolute atomic E-state index is 0.0503. The zero-order valence-electron chi connectivity index (χ0n) is 13.6. The molecule has 1 aromatic rings. The van der Waals surface area contributed by atoms with E-state index in [0.29, 0.717) is 19.6 Å². The van der Waals surface area contributed by atoms with Crippen LogP contribution in [-0.2, 0) is 11.3 Å². The fourth-order valence-electron chi connectivity index (χ4n) is 3.52. The molecule has 0 spiro atoms. The molecule has 2 atom stereocenters. The number of hydrogen-bond donors (Lipinski definition) is 2. The van der Waals surface area contributed by atoms with E-state index in [2.05, 4.69) is 5.32 Å². The van der Waals surface area contributed by atoms with Crippen molar-refractivity contribution in [2.24, 2.45) is 5.92 Å². The van der Waals surface area contributed by atoms with Crippen molar-refractivity contribution in [3.8, 4) is 0 Å². The number of carbonyl (C=O) groups is 3. The molecule has 24 heavy (non-hydrogen) atoms. The number of nitrogens with zero attached hydrogens (tertiary/aromatic N) is 2. The zero-order chi connectivity index (χ0) is 17.3. The summed E-state index contributed by atoms with van der Waals surface area (Å²) in [5.41, 5.74) is 1.05. The van der Waals surface area contributed by atoms with Crippen molar-refractivity contribution in [2.45, 2.75) is 25.4 Å². The Hall–Kier alpha value is -2.57. The van der Waals surface area contributed by atoms with E-state index in [1.807, 2.05) is 0 Å². The van der Waals surface area contributed by atoms with Crippen molar-refractivity contribution in [2.75, 3.05) is 20.1 Å². The summed E-state index contributed by atoms with van der Waals surface area (Å²) < 4.78 is 0. The van der Waals surface area contributed by atoms with Gasteiger partial charge in [-0.15, -0.1) is 0 Å². The van der Waals surface area contributed by atoms with Crippen molar-refractivity contribution in [3.63, 3.8) is 0 Å². The van der Waals surface area contributed by atoms with Crippen molar-refractivity contribution >= 4 is 17.9 Å². The van der Waals surface area contributed by atoms with Crippen LogP contribution in [0.25, 0.3) is 0 Å². The van der Waals surface area contributed by atoms with E-state index in [4.69, 9.17) is 5.11 Å². The number of carbonyl (C=O) groups excluding carboxylic acids is 2. The topological polar surface area (TPSA) is 89.9 Å². The number of likely N-dealkylation sites (N-methyl/N-ethyl adjacent to an activating group) is 1. The van der Waals surface area contributed by atoms with Crippen LogP contribution in [0.1, 0.15) is 28.8 Å². The lowest BCUT2D eigenvalue weighted by Crippen LogP contribution is -2.52. The number of urea groups is 1. The number of aromatic carboxylic acids is 1. The number of hydrogen-bond acceptors (Lipinski definition) is 3. The molecule has 7 nitrogen and oxygen atoms in total. The lowest BCUT2D eigenvalue weighted by atomic mass is 9.92. The van der Waals surface area contributed by atoms with Gasteiger partial charge in [-0.3, -0.25) is 4.79 Å². The predicted octanol–water partition coefficient (Wildman–Crippen LogP) is 1.15. The van der Waals surface area contributed by atoms with Crippen LogP contribution in [0.3, 0.4) is 0 Å². The summed E-state index contributed by atoms with van der Waals surface area (Å²) >= 11 is 0. The number of piperidine rings is 1. The van der Waals surface area contributed by atoms with Crippen molar-refractivity contribution < 1.29 is 19.5 Å². The third-order valence-electron chi connectivity index (χ3n) is 4.84. The predicted molar refractivity (Wildman–Crippen MR) is 86.5 cm³/mol. The molecule has 7 heteroatoms. The highest BCUT2D eigenvalue weighted by atomic mass is 16.4. The maximum Gasteiger partial charge on any atom is 0.335 e. The van der Waals surface area contributed by atoms with Gasteiger partial charge in [0, 0.05) is 26.7 Å². The third-order valence-corrected chi connectivity index (χ3v) is 4.84. The van der Waals surface area contributed by atoms with E-state index in [1.54, 1.807) is 29.0 Å². The number of rotatable bonds is 3. The lowest BCUT2D eigenvalue weighted by molar-refractivity contribution is -0.130. The van der Waals surface area contributed by atoms with E-state index in [-0.39, 0.29) is 29.5 Å². The smallest absolute Gasteiger partial charge is 0.335 e. The van der Waals surface area contributed by atoms with Crippen LogP contribution < -0.4 is 5.32 Å². The Kier molecular flexibility index (Phi) is 4.42. The van der Waals surface area contributed by atoms with Gasteiger partial charge in [0.05, 0.1) is 17.5 Å². The van der Waals surface area contributed by atoms with Crippen LogP contribution in [-0.4, -0.2) is 59.0 Å². The Balaban J connectivity index is 1.60. The van der Waals surface area contributed by atoms with E-state index in [1.165, 1.54) is 12.1 Å². The summed E-state index contributed by atoms with van der Waals surface area (Å²) in [7, 11) is 1.78. The van der Waals surface area contributed by atoms with Gasteiger partial charge in [-0.2, -0.15) is 0 Å². The first-order chi connectivity index (χ1) is 11.5. The molecule has 2 heterocycles. The molecule has 0 aliphatic carbocycles. The SMILES string of the molecule is CN1C[C@@H]2[C@@H](CCCN2C(=O)NCc2ccc(C(=O)O)cc2)C1=O. The first-order valence-electron chi connectivity index (χ1n) is 8.09. The third kappa shape index (κ3) is 3.06. The maximum absolute atomic E-state index is 12.5. The zero-order valence-corrected chi connectivity index (χ0v) is 13.6. The molecule has 3 amide bonds. The standard InChI is InChI=1S/C17H21N3O4/c1-19-10-14-13(15(19)21)3-2-8-20(14)17(24)18-9-11-4-6-12(7-5-11)16(22)23/h4-7,13-14H,2-3,8-10H2,1H3,(H,18,24)(H,22,23)/t13-,14-/m1/s1. The van der Waals surface area contributed by atoms with Crippen molar-refractivity contribution in [3.05, 3.63) is 35.4 Å².